The molecule has 0 unspecified atom stereocenters. The van der Waals surface area contributed by atoms with Gasteiger partial charge in [-0.2, -0.15) is 0 Å². The summed E-state index contributed by atoms with van der Waals surface area (Å²) >= 11 is 0. The minimum atomic E-state index is -0.542. The fourth-order valence-corrected chi connectivity index (χ4v) is 2.87. The third-order valence-corrected chi connectivity index (χ3v) is 4.29. The molecule has 1 fully saturated rings. The first-order chi connectivity index (χ1) is 11.1. The molecule has 1 aromatic heterocycles. The normalized spacial score (nSPS) is 16.9. The smallest absolute Gasteiger partial charge is 0.229 e. The Bertz CT molecular complexity index is 679. The molecule has 6 heteroatoms. The summed E-state index contributed by atoms with van der Waals surface area (Å²) in [7, 11) is 1.74. The zero-order valence-electron chi connectivity index (χ0n) is 13.3. The van der Waals surface area contributed by atoms with E-state index in [1.807, 2.05) is 0 Å². The average molecular weight is 322 g/mol. The van der Waals surface area contributed by atoms with Gasteiger partial charge in [-0.15, -0.1) is 0 Å². The van der Waals surface area contributed by atoms with Gasteiger partial charge in [0.25, 0.3) is 0 Å². The number of ether oxygens (including phenoxy) is 1. The second-order valence-corrected chi connectivity index (χ2v) is 5.86. The number of halogens is 2. The number of hydrogen-bond donors (Lipinski definition) is 0. The van der Waals surface area contributed by atoms with E-state index >= 15 is 0 Å². The predicted molar refractivity (Wildman–Crippen MR) is 81.9 cm³/mol. The SMILES string of the molecule is COC1CCN(Cc2nc(-c3cc(F)ccc3F)oc2C)CC1. The van der Waals surface area contributed by atoms with E-state index < -0.39 is 11.6 Å². The van der Waals surface area contributed by atoms with Crippen LogP contribution in [0.1, 0.15) is 24.3 Å². The van der Waals surface area contributed by atoms with Crippen LogP contribution in [0.4, 0.5) is 8.78 Å². The first-order valence-corrected chi connectivity index (χ1v) is 7.73. The molecule has 0 spiro atoms. The van der Waals surface area contributed by atoms with Crippen molar-refractivity contribution in [3.05, 3.63) is 41.3 Å². The molecule has 3 rings (SSSR count). The lowest BCUT2D eigenvalue weighted by Gasteiger charge is -2.30. The fourth-order valence-electron chi connectivity index (χ4n) is 2.87. The molecule has 0 N–H and O–H groups in total. The lowest BCUT2D eigenvalue weighted by atomic mass is 10.1. The Morgan fingerprint density at radius 3 is 2.74 bits per heavy atom. The zero-order valence-corrected chi connectivity index (χ0v) is 13.3. The molecule has 0 saturated carbocycles. The molecule has 0 radical (unpaired) electrons. The van der Waals surface area contributed by atoms with Crippen LogP contribution >= 0.6 is 0 Å². The molecule has 23 heavy (non-hydrogen) atoms. The topological polar surface area (TPSA) is 38.5 Å². The van der Waals surface area contributed by atoms with Gasteiger partial charge < -0.3 is 9.15 Å². The molecule has 2 aromatic rings. The number of aryl methyl sites for hydroxylation is 1. The van der Waals surface area contributed by atoms with Gasteiger partial charge in [0.1, 0.15) is 17.4 Å². The van der Waals surface area contributed by atoms with Gasteiger partial charge in [-0.3, -0.25) is 4.90 Å². The van der Waals surface area contributed by atoms with Crippen molar-refractivity contribution in [3.8, 4) is 11.5 Å². The van der Waals surface area contributed by atoms with Gasteiger partial charge in [0, 0.05) is 26.7 Å². The van der Waals surface area contributed by atoms with Crippen molar-refractivity contribution < 1.29 is 17.9 Å². The average Bonchev–Trinajstić information content (AvgIpc) is 2.91. The molecule has 1 aromatic carbocycles. The molecule has 124 valence electrons. The molecule has 1 aliphatic heterocycles. The number of methoxy groups -OCH3 is 1. The van der Waals surface area contributed by atoms with E-state index in [4.69, 9.17) is 9.15 Å². The first kappa shape index (κ1) is 16.1. The van der Waals surface area contributed by atoms with Crippen LogP contribution in [0.5, 0.6) is 0 Å². The Morgan fingerprint density at radius 1 is 1.30 bits per heavy atom. The van der Waals surface area contributed by atoms with Gasteiger partial charge in [-0.25, -0.2) is 13.8 Å². The summed E-state index contributed by atoms with van der Waals surface area (Å²) in [5, 5.41) is 0. The summed E-state index contributed by atoms with van der Waals surface area (Å²) in [6.45, 7) is 4.29. The Balaban J connectivity index is 1.75. The fraction of sp³-hybridized carbons (Fsp3) is 0.471. The predicted octanol–water partition coefficient (Wildman–Crippen LogP) is 3.54. The number of piperidine rings is 1. The van der Waals surface area contributed by atoms with E-state index in [9.17, 15) is 8.78 Å². The van der Waals surface area contributed by atoms with Gasteiger partial charge in [0.15, 0.2) is 0 Å². The van der Waals surface area contributed by atoms with Crippen molar-refractivity contribution in [1.29, 1.82) is 0 Å². The zero-order chi connectivity index (χ0) is 16.4. The Kier molecular flexibility index (Phi) is 4.73. The van der Waals surface area contributed by atoms with Gasteiger partial charge in [0.2, 0.25) is 5.89 Å². The van der Waals surface area contributed by atoms with E-state index in [1.54, 1.807) is 14.0 Å². The van der Waals surface area contributed by atoms with E-state index in [0.717, 1.165) is 49.8 Å². The van der Waals surface area contributed by atoms with Crippen LogP contribution in [0.3, 0.4) is 0 Å². The molecule has 1 saturated heterocycles. The molecule has 2 heterocycles. The monoisotopic (exact) mass is 322 g/mol. The number of nitrogens with zero attached hydrogens (tertiary/aromatic N) is 2. The molecule has 0 amide bonds. The van der Waals surface area contributed by atoms with Crippen LogP contribution in [0, 0.1) is 18.6 Å². The van der Waals surface area contributed by atoms with Crippen molar-refractivity contribution in [2.24, 2.45) is 0 Å². The molecular weight excluding hydrogens is 302 g/mol. The van der Waals surface area contributed by atoms with Gasteiger partial charge in [-0.1, -0.05) is 0 Å². The van der Waals surface area contributed by atoms with Gasteiger partial charge >= 0.3 is 0 Å². The van der Waals surface area contributed by atoms with E-state index in [-0.39, 0.29) is 11.5 Å². The molecule has 0 bridgehead atoms. The first-order valence-electron chi connectivity index (χ1n) is 7.73. The number of aromatic nitrogens is 1. The maximum absolute atomic E-state index is 13.8. The van der Waals surface area contributed by atoms with Crippen LogP contribution in [0.25, 0.3) is 11.5 Å². The van der Waals surface area contributed by atoms with Crippen LogP contribution in [0.2, 0.25) is 0 Å². The molecule has 0 aliphatic carbocycles. The highest BCUT2D eigenvalue weighted by molar-refractivity contribution is 5.54. The Labute approximate surface area is 134 Å². The summed E-state index contributed by atoms with van der Waals surface area (Å²) in [5.74, 6) is -0.292. The van der Waals surface area contributed by atoms with E-state index in [1.165, 1.54) is 0 Å². The van der Waals surface area contributed by atoms with Crippen LogP contribution in [0.15, 0.2) is 22.6 Å². The number of rotatable bonds is 4. The second kappa shape index (κ2) is 6.76. The number of hydrogen-bond acceptors (Lipinski definition) is 4. The Morgan fingerprint density at radius 2 is 2.04 bits per heavy atom. The number of oxazole rings is 1. The van der Waals surface area contributed by atoms with Crippen LogP contribution < -0.4 is 0 Å². The van der Waals surface area contributed by atoms with Crippen molar-refractivity contribution in [2.45, 2.75) is 32.4 Å². The quantitative estimate of drug-likeness (QED) is 0.863. The summed E-state index contributed by atoms with van der Waals surface area (Å²) in [4.78, 5) is 6.64. The third-order valence-electron chi connectivity index (χ3n) is 4.29. The molecule has 0 atom stereocenters. The largest absolute Gasteiger partial charge is 0.441 e. The van der Waals surface area contributed by atoms with Crippen molar-refractivity contribution in [2.75, 3.05) is 20.2 Å². The van der Waals surface area contributed by atoms with E-state index in [0.29, 0.717) is 18.4 Å². The molecular formula is C17H20F2N2O2. The number of likely N-dealkylation sites (tertiary alicyclic amines) is 1. The maximum Gasteiger partial charge on any atom is 0.229 e. The standard InChI is InChI=1S/C17H20F2N2O2/c1-11-16(10-21-7-5-13(22-2)6-8-21)20-17(23-11)14-9-12(18)3-4-15(14)19/h3-4,9,13H,5-8,10H2,1-2H3. The highest BCUT2D eigenvalue weighted by Crippen LogP contribution is 2.26. The highest BCUT2D eigenvalue weighted by Gasteiger charge is 2.22. The van der Waals surface area contributed by atoms with Gasteiger partial charge in [-0.05, 0) is 38.0 Å². The van der Waals surface area contributed by atoms with E-state index in [2.05, 4.69) is 9.88 Å². The molecule has 4 nitrogen and oxygen atoms in total. The molecule has 1 aliphatic rings. The lowest BCUT2D eigenvalue weighted by molar-refractivity contribution is 0.0384. The summed E-state index contributed by atoms with van der Waals surface area (Å²) in [5.41, 5.74) is 0.817. The van der Waals surface area contributed by atoms with Crippen LogP contribution in [-0.4, -0.2) is 36.2 Å². The summed E-state index contributed by atoms with van der Waals surface area (Å²) < 4.78 is 38.1. The van der Waals surface area contributed by atoms with Crippen molar-refractivity contribution in [1.82, 2.24) is 9.88 Å². The highest BCUT2D eigenvalue weighted by atomic mass is 19.1. The lowest BCUT2D eigenvalue weighted by Crippen LogP contribution is -2.36. The second-order valence-electron chi connectivity index (χ2n) is 5.86. The van der Waals surface area contributed by atoms with Crippen molar-refractivity contribution in [3.63, 3.8) is 0 Å². The Hall–Kier alpha value is -1.79. The summed E-state index contributed by atoms with van der Waals surface area (Å²) in [6.07, 6.45) is 2.29. The third kappa shape index (κ3) is 3.59. The van der Waals surface area contributed by atoms with Gasteiger partial charge in [0.05, 0.1) is 17.4 Å². The van der Waals surface area contributed by atoms with Crippen molar-refractivity contribution >= 4 is 0 Å². The van der Waals surface area contributed by atoms with Crippen LogP contribution in [-0.2, 0) is 11.3 Å². The minimum Gasteiger partial charge on any atom is -0.441 e. The number of benzene rings is 1. The minimum absolute atomic E-state index is 0.0532. The summed E-state index contributed by atoms with van der Waals surface area (Å²) in [6, 6.07) is 3.27. The maximum atomic E-state index is 13.8.